The molecule has 1 heterocycles. The molecule has 0 spiro atoms. The highest BCUT2D eigenvalue weighted by molar-refractivity contribution is 5.95. The predicted molar refractivity (Wildman–Crippen MR) is 84.9 cm³/mol. The number of benzene rings is 1. The molecule has 1 aliphatic rings. The highest BCUT2D eigenvalue weighted by Gasteiger charge is 2.26. The Labute approximate surface area is 134 Å². The van der Waals surface area contributed by atoms with Crippen LogP contribution in [0.25, 0.3) is 0 Å². The van der Waals surface area contributed by atoms with Crippen LogP contribution in [0.4, 0.5) is 10.5 Å². The van der Waals surface area contributed by atoms with Gasteiger partial charge in [0.15, 0.2) is 0 Å². The van der Waals surface area contributed by atoms with Crippen molar-refractivity contribution in [2.75, 3.05) is 11.9 Å². The first-order valence-electron chi connectivity index (χ1n) is 7.39. The first kappa shape index (κ1) is 16.8. The molecule has 1 atom stereocenters. The van der Waals surface area contributed by atoms with Crippen LogP contribution in [0.2, 0.25) is 0 Å². The Morgan fingerprint density at radius 1 is 1.35 bits per heavy atom. The van der Waals surface area contributed by atoms with E-state index in [-0.39, 0.29) is 18.4 Å². The van der Waals surface area contributed by atoms with Gasteiger partial charge < -0.3 is 15.4 Å². The van der Waals surface area contributed by atoms with Gasteiger partial charge in [0.05, 0.1) is 6.54 Å². The average molecular weight is 319 g/mol. The first-order chi connectivity index (χ1) is 10.7. The van der Waals surface area contributed by atoms with Gasteiger partial charge in [0.1, 0.15) is 11.6 Å². The fraction of sp³-hybridized carbons (Fsp3) is 0.438. The van der Waals surface area contributed by atoms with E-state index in [9.17, 15) is 14.4 Å². The number of hydrogen-bond acceptors (Lipinski definition) is 4. The van der Waals surface area contributed by atoms with Crippen molar-refractivity contribution in [1.29, 1.82) is 0 Å². The third-order valence-electron chi connectivity index (χ3n) is 3.09. The number of carbonyl (C=O) groups excluding carboxylic acids is 3. The molecule has 1 unspecified atom stereocenters. The van der Waals surface area contributed by atoms with E-state index in [2.05, 4.69) is 16.0 Å². The van der Waals surface area contributed by atoms with Gasteiger partial charge in [0.25, 0.3) is 0 Å². The first-order valence-corrected chi connectivity index (χ1v) is 7.39. The zero-order valence-corrected chi connectivity index (χ0v) is 13.4. The summed E-state index contributed by atoms with van der Waals surface area (Å²) in [5, 5.41) is 7.82. The van der Waals surface area contributed by atoms with Gasteiger partial charge in [-0.2, -0.15) is 0 Å². The zero-order valence-electron chi connectivity index (χ0n) is 13.4. The van der Waals surface area contributed by atoms with Gasteiger partial charge in [-0.25, -0.2) is 4.79 Å². The minimum atomic E-state index is -0.604. The fourth-order valence-electron chi connectivity index (χ4n) is 2.18. The van der Waals surface area contributed by atoms with Crippen LogP contribution in [0.3, 0.4) is 0 Å². The molecule has 2 rings (SSSR count). The van der Waals surface area contributed by atoms with Gasteiger partial charge in [0.2, 0.25) is 11.8 Å². The smallest absolute Gasteiger partial charge is 0.412 e. The van der Waals surface area contributed by atoms with Crippen molar-refractivity contribution in [1.82, 2.24) is 10.6 Å². The highest BCUT2D eigenvalue weighted by Crippen LogP contribution is 2.15. The molecule has 0 aliphatic carbocycles. The van der Waals surface area contributed by atoms with E-state index in [0.29, 0.717) is 12.1 Å². The minimum Gasteiger partial charge on any atom is -0.444 e. The lowest BCUT2D eigenvalue weighted by Gasteiger charge is -2.23. The van der Waals surface area contributed by atoms with E-state index in [1.165, 1.54) is 0 Å². The second-order valence-electron chi connectivity index (χ2n) is 6.37. The van der Waals surface area contributed by atoms with Crippen LogP contribution in [0.15, 0.2) is 24.3 Å². The summed E-state index contributed by atoms with van der Waals surface area (Å²) >= 11 is 0. The Hall–Kier alpha value is -2.57. The Morgan fingerprint density at radius 2 is 2.09 bits per heavy atom. The molecule has 1 aromatic rings. The molecular weight excluding hydrogens is 298 g/mol. The number of amides is 3. The van der Waals surface area contributed by atoms with E-state index in [1.807, 2.05) is 6.07 Å². The molecule has 0 bridgehead atoms. The van der Waals surface area contributed by atoms with E-state index < -0.39 is 17.7 Å². The number of piperazine rings is 1. The average Bonchev–Trinajstić information content (AvgIpc) is 2.41. The maximum Gasteiger partial charge on any atom is 0.412 e. The second-order valence-corrected chi connectivity index (χ2v) is 6.37. The molecule has 23 heavy (non-hydrogen) atoms. The normalized spacial score (nSPS) is 18.0. The summed E-state index contributed by atoms with van der Waals surface area (Å²) in [5.41, 5.74) is 0.812. The molecule has 3 amide bonds. The summed E-state index contributed by atoms with van der Waals surface area (Å²) in [6.07, 6.45) is -0.195. The molecule has 1 fully saturated rings. The van der Waals surface area contributed by atoms with Crippen molar-refractivity contribution in [2.24, 2.45) is 0 Å². The van der Waals surface area contributed by atoms with Crippen molar-refractivity contribution in [3.8, 4) is 0 Å². The van der Waals surface area contributed by atoms with Gasteiger partial charge >= 0.3 is 6.09 Å². The summed E-state index contributed by atoms with van der Waals surface area (Å²) in [4.78, 5) is 34.9. The van der Waals surface area contributed by atoms with Crippen molar-refractivity contribution >= 4 is 23.6 Å². The summed E-state index contributed by atoms with van der Waals surface area (Å²) < 4.78 is 5.19. The van der Waals surface area contributed by atoms with E-state index in [4.69, 9.17) is 4.74 Å². The van der Waals surface area contributed by atoms with Crippen LogP contribution in [0, 0.1) is 0 Å². The number of rotatable bonds is 3. The third kappa shape index (κ3) is 5.28. The number of anilines is 1. The zero-order chi connectivity index (χ0) is 17.0. The van der Waals surface area contributed by atoms with Gasteiger partial charge in [-0.15, -0.1) is 0 Å². The molecule has 0 radical (unpaired) electrons. The van der Waals surface area contributed by atoms with E-state index in [0.717, 1.165) is 5.56 Å². The molecule has 124 valence electrons. The largest absolute Gasteiger partial charge is 0.444 e. The Balaban J connectivity index is 2.00. The quantitative estimate of drug-likeness (QED) is 0.779. The molecular formula is C16H21N3O4. The van der Waals surface area contributed by atoms with Crippen LogP contribution < -0.4 is 16.0 Å². The summed E-state index contributed by atoms with van der Waals surface area (Å²) in [6.45, 7) is 5.36. The summed E-state index contributed by atoms with van der Waals surface area (Å²) in [7, 11) is 0. The molecule has 7 heteroatoms. The van der Waals surface area contributed by atoms with Crippen molar-refractivity contribution in [2.45, 2.75) is 38.8 Å². The van der Waals surface area contributed by atoms with Crippen LogP contribution in [-0.4, -0.2) is 36.1 Å². The van der Waals surface area contributed by atoms with E-state index >= 15 is 0 Å². The predicted octanol–water partition coefficient (Wildman–Crippen LogP) is 1.19. The number of nitrogens with one attached hydrogen (secondary N) is 3. The second kappa shape index (κ2) is 6.68. The number of hydrogen-bond donors (Lipinski definition) is 3. The fourth-order valence-corrected chi connectivity index (χ4v) is 2.18. The molecule has 7 nitrogen and oxygen atoms in total. The standard InChI is InChI=1S/C16H21N3O4/c1-16(2,3)23-15(22)18-11-6-4-5-10(7-11)8-12-14(21)17-9-13(20)19-12/h4-7,12H,8-9H2,1-3H3,(H,17,21)(H,18,22)(H,19,20). The summed E-state index contributed by atoms with van der Waals surface area (Å²) in [5.74, 6) is -0.423. The minimum absolute atomic E-state index is 0.00950. The molecule has 3 N–H and O–H groups in total. The number of ether oxygens (including phenoxy) is 1. The lowest BCUT2D eigenvalue weighted by Crippen LogP contribution is -2.56. The van der Waals surface area contributed by atoms with Crippen LogP contribution in [0.5, 0.6) is 0 Å². The maximum absolute atomic E-state index is 11.8. The van der Waals surface area contributed by atoms with Crippen LogP contribution in [-0.2, 0) is 20.7 Å². The highest BCUT2D eigenvalue weighted by atomic mass is 16.6. The summed E-state index contributed by atoms with van der Waals surface area (Å²) in [6, 6.07) is 6.47. The molecule has 1 aromatic carbocycles. The lowest BCUT2D eigenvalue weighted by molar-refractivity contribution is -0.133. The van der Waals surface area contributed by atoms with Crippen molar-refractivity contribution in [3.05, 3.63) is 29.8 Å². The Bertz CT molecular complexity index is 622. The van der Waals surface area contributed by atoms with Gasteiger partial charge in [-0.3, -0.25) is 14.9 Å². The van der Waals surface area contributed by atoms with Crippen LogP contribution in [0.1, 0.15) is 26.3 Å². The van der Waals surface area contributed by atoms with Crippen LogP contribution >= 0.6 is 0 Å². The van der Waals surface area contributed by atoms with Gasteiger partial charge in [-0.1, -0.05) is 12.1 Å². The van der Waals surface area contributed by atoms with Crippen molar-refractivity contribution < 1.29 is 19.1 Å². The molecule has 1 saturated heterocycles. The third-order valence-corrected chi connectivity index (χ3v) is 3.09. The molecule has 0 aromatic heterocycles. The van der Waals surface area contributed by atoms with Crippen molar-refractivity contribution in [3.63, 3.8) is 0 Å². The number of carbonyl (C=O) groups is 3. The van der Waals surface area contributed by atoms with Gasteiger partial charge in [-0.05, 0) is 38.5 Å². The van der Waals surface area contributed by atoms with E-state index in [1.54, 1.807) is 39.0 Å². The Morgan fingerprint density at radius 3 is 2.78 bits per heavy atom. The SMILES string of the molecule is CC(C)(C)OC(=O)Nc1cccc(CC2NC(=O)CNC2=O)c1. The maximum atomic E-state index is 11.8. The monoisotopic (exact) mass is 319 g/mol. The molecule has 0 saturated carbocycles. The Kier molecular flexibility index (Phi) is 4.88. The molecule has 1 aliphatic heterocycles. The topological polar surface area (TPSA) is 96.5 Å². The van der Waals surface area contributed by atoms with Gasteiger partial charge in [0, 0.05) is 12.1 Å². The lowest BCUT2D eigenvalue weighted by atomic mass is 10.0.